The lowest BCUT2D eigenvalue weighted by Gasteiger charge is -2.38. The van der Waals surface area contributed by atoms with Crippen LogP contribution in [0.25, 0.3) is 0 Å². The van der Waals surface area contributed by atoms with Crippen molar-refractivity contribution in [3.63, 3.8) is 0 Å². The molecule has 0 aliphatic heterocycles. The Morgan fingerprint density at radius 2 is 0.926 bits per heavy atom. The van der Waals surface area contributed by atoms with E-state index in [1.165, 1.54) is 122 Å². The molecule has 4 N–H and O–H groups in total. The zero-order chi connectivity index (χ0) is 19.5. The molecule has 2 heteroatoms. The number of hydrogen-bond donors (Lipinski definition) is 1. The second kappa shape index (κ2) is 20.6. The zero-order valence-electron chi connectivity index (χ0n) is 19.6. The lowest BCUT2D eigenvalue weighted by Crippen LogP contribution is -2.47. The third kappa shape index (κ3) is 15.5. The summed E-state index contributed by atoms with van der Waals surface area (Å²) in [6, 6.07) is 0. The minimum Gasteiger partial charge on any atom is -0.412 e. The molecule has 1 unspecified atom stereocenters. The highest BCUT2D eigenvalue weighted by molar-refractivity contribution is 4.90. The summed E-state index contributed by atoms with van der Waals surface area (Å²) in [6.45, 7) is 9.29. The standard InChI is InChI=1S/C25H53N.H2O/c1-5-9-12-15-18-21-24(8-4)25(26,22-19-16-13-10-6-2)23-20-17-14-11-7-3;/h24H,5-23,26H2,1-4H3;1H2. The highest BCUT2D eigenvalue weighted by atomic mass is 16.0. The summed E-state index contributed by atoms with van der Waals surface area (Å²) in [6.07, 6.45) is 25.8. The van der Waals surface area contributed by atoms with Crippen LogP contribution in [0.4, 0.5) is 0 Å². The molecule has 27 heavy (non-hydrogen) atoms. The molecule has 0 bridgehead atoms. The molecule has 166 valence electrons. The first-order valence-corrected chi connectivity index (χ1v) is 12.4. The first-order chi connectivity index (χ1) is 12.6. The summed E-state index contributed by atoms with van der Waals surface area (Å²) < 4.78 is 0. The molecule has 2 nitrogen and oxygen atoms in total. The first-order valence-electron chi connectivity index (χ1n) is 12.4. The third-order valence-corrected chi connectivity index (χ3v) is 6.45. The van der Waals surface area contributed by atoms with E-state index in [9.17, 15) is 0 Å². The Kier molecular flexibility index (Phi) is 22.3. The normalized spacial score (nSPS) is 12.8. The van der Waals surface area contributed by atoms with Gasteiger partial charge < -0.3 is 11.2 Å². The third-order valence-electron chi connectivity index (χ3n) is 6.45. The maximum Gasteiger partial charge on any atom is 0.0182 e. The Labute approximate surface area is 172 Å². The van der Waals surface area contributed by atoms with Gasteiger partial charge >= 0.3 is 0 Å². The molecule has 0 aromatic heterocycles. The van der Waals surface area contributed by atoms with Crippen LogP contribution in [-0.2, 0) is 0 Å². The molecular formula is C25H55NO. The fourth-order valence-corrected chi connectivity index (χ4v) is 4.54. The van der Waals surface area contributed by atoms with Crippen molar-refractivity contribution in [1.29, 1.82) is 0 Å². The van der Waals surface area contributed by atoms with Gasteiger partial charge in [-0.05, 0) is 25.2 Å². The van der Waals surface area contributed by atoms with E-state index < -0.39 is 0 Å². The van der Waals surface area contributed by atoms with E-state index in [4.69, 9.17) is 5.73 Å². The lowest BCUT2D eigenvalue weighted by molar-refractivity contribution is 0.199. The van der Waals surface area contributed by atoms with Crippen LogP contribution < -0.4 is 5.73 Å². The summed E-state index contributed by atoms with van der Waals surface area (Å²) in [5.41, 5.74) is 7.23. The Morgan fingerprint density at radius 1 is 0.556 bits per heavy atom. The summed E-state index contributed by atoms with van der Waals surface area (Å²) >= 11 is 0. The van der Waals surface area contributed by atoms with Crippen LogP contribution in [0.5, 0.6) is 0 Å². The Balaban J connectivity index is 0. The van der Waals surface area contributed by atoms with Gasteiger partial charge in [-0.3, -0.25) is 0 Å². The molecule has 0 spiro atoms. The van der Waals surface area contributed by atoms with Crippen LogP contribution in [0.2, 0.25) is 0 Å². The van der Waals surface area contributed by atoms with Gasteiger partial charge in [0.1, 0.15) is 0 Å². The Hall–Kier alpha value is -0.0800. The van der Waals surface area contributed by atoms with Crippen LogP contribution in [0.1, 0.15) is 150 Å². The van der Waals surface area contributed by atoms with Crippen LogP contribution in [0.3, 0.4) is 0 Å². The number of nitrogens with two attached hydrogens (primary N) is 1. The van der Waals surface area contributed by atoms with E-state index in [0.29, 0.717) is 0 Å². The summed E-state index contributed by atoms with van der Waals surface area (Å²) in [4.78, 5) is 0. The molecule has 1 atom stereocenters. The van der Waals surface area contributed by atoms with Gasteiger partial charge in [0, 0.05) is 5.54 Å². The van der Waals surface area contributed by atoms with Crippen LogP contribution in [-0.4, -0.2) is 11.0 Å². The average Bonchev–Trinajstić information content (AvgIpc) is 2.64. The van der Waals surface area contributed by atoms with Gasteiger partial charge in [0.2, 0.25) is 0 Å². The zero-order valence-corrected chi connectivity index (χ0v) is 19.6. The van der Waals surface area contributed by atoms with Gasteiger partial charge in [0.15, 0.2) is 0 Å². The molecule has 0 amide bonds. The van der Waals surface area contributed by atoms with E-state index in [2.05, 4.69) is 27.7 Å². The SMILES string of the molecule is CCCCCCCC(CC)C(N)(CCCCCCC)CCCCCCC.O. The number of unbranched alkanes of at least 4 members (excludes halogenated alkanes) is 12. The Bertz CT molecular complexity index is 265. The van der Waals surface area contributed by atoms with Crippen molar-refractivity contribution in [3.05, 3.63) is 0 Å². The van der Waals surface area contributed by atoms with Crippen molar-refractivity contribution in [2.24, 2.45) is 11.7 Å². The van der Waals surface area contributed by atoms with Gasteiger partial charge in [-0.15, -0.1) is 0 Å². The fraction of sp³-hybridized carbons (Fsp3) is 1.00. The second-order valence-corrected chi connectivity index (χ2v) is 8.87. The molecule has 0 saturated carbocycles. The molecule has 0 saturated heterocycles. The molecule has 0 aromatic rings. The molecule has 0 heterocycles. The largest absolute Gasteiger partial charge is 0.412 e. The molecule has 0 aromatic carbocycles. The van der Waals surface area contributed by atoms with Gasteiger partial charge in [-0.25, -0.2) is 0 Å². The van der Waals surface area contributed by atoms with Crippen molar-refractivity contribution in [2.45, 2.75) is 155 Å². The summed E-state index contributed by atoms with van der Waals surface area (Å²) in [7, 11) is 0. The van der Waals surface area contributed by atoms with E-state index in [1.807, 2.05) is 0 Å². The van der Waals surface area contributed by atoms with Crippen molar-refractivity contribution < 1.29 is 5.48 Å². The fourth-order valence-electron chi connectivity index (χ4n) is 4.54. The first kappa shape index (κ1) is 29.1. The van der Waals surface area contributed by atoms with Crippen molar-refractivity contribution in [3.8, 4) is 0 Å². The lowest BCUT2D eigenvalue weighted by atomic mass is 9.73. The van der Waals surface area contributed by atoms with Crippen molar-refractivity contribution >= 4 is 0 Å². The van der Waals surface area contributed by atoms with Crippen molar-refractivity contribution in [1.82, 2.24) is 0 Å². The number of rotatable bonds is 20. The van der Waals surface area contributed by atoms with Gasteiger partial charge in [0.25, 0.3) is 0 Å². The predicted octanol–water partition coefficient (Wildman–Crippen LogP) is 7.97. The summed E-state index contributed by atoms with van der Waals surface area (Å²) in [5.74, 6) is 0.737. The smallest absolute Gasteiger partial charge is 0.0182 e. The predicted molar refractivity (Wildman–Crippen MR) is 124 cm³/mol. The minimum absolute atomic E-state index is 0. The van der Waals surface area contributed by atoms with Gasteiger partial charge in [-0.2, -0.15) is 0 Å². The average molecular weight is 386 g/mol. The topological polar surface area (TPSA) is 57.5 Å². The maximum atomic E-state index is 7.12. The molecule has 0 aliphatic carbocycles. The van der Waals surface area contributed by atoms with Gasteiger partial charge in [0.05, 0.1) is 0 Å². The second-order valence-electron chi connectivity index (χ2n) is 8.87. The quantitative estimate of drug-likeness (QED) is 0.212. The Morgan fingerprint density at radius 3 is 1.30 bits per heavy atom. The van der Waals surface area contributed by atoms with E-state index in [0.717, 1.165) is 5.92 Å². The maximum absolute atomic E-state index is 7.12. The highest BCUT2D eigenvalue weighted by Gasteiger charge is 2.32. The van der Waals surface area contributed by atoms with Crippen LogP contribution in [0.15, 0.2) is 0 Å². The molecule has 0 rings (SSSR count). The van der Waals surface area contributed by atoms with E-state index >= 15 is 0 Å². The van der Waals surface area contributed by atoms with E-state index in [1.54, 1.807) is 0 Å². The van der Waals surface area contributed by atoms with Crippen molar-refractivity contribution in [2.75, 3.05) is 0 Å². The molecule has 0 aliphatic rings. The summed E-state index contributed by atoms with van der Waals surface area (Å²) in [5, 5.41) is 0. The van der Waals surface area contributed by atoms with E-state index in [-0.39, 0.29) is 11.0 Å². The molecule has 0 radical (unpaired) electrons. The van der Waals surface area contributed by atoms with Crippen LogP contribution >= 0.6 is 0 Å². The molecular weight excluding hydrogens is 330 g/mol. The highest BCUT2D eigenvalue weighted by Crippen LogP contribution is 2.34. The van der Waals surface area contributed by atoms with Crippen LogP contribution in [0, 0.1) is 5.92 Å². The van der Waals surface area contributed by atoms with Gasteiger partial charge in [-0.1, -0.05) is 130 Å². The molecule has 0 fully saturated rings. The number of hydrogen-bond acceptors (Lipinski definition) is 1. The minimum atomic E-state index is 0. The monoisotopic (exact) mass is 385 g/mol.